The van der Waals surface area contributed by atoms with E-state index >= 15 is 0 Å². The largest absolute Gasteiger partial charge is 0.384 e. The highest BCUT2D eigenvalue weighted by Crippen LogP contribution is 2.29. The molecule has 0 aliphatic carbocycles. The molecule has 0 bridgehead atoms. The Morgan fingerprint density at radius 3 is 2.89 bits per heavy atom. The van der Waals surface area contributed by atoms with E-state index in [1.165, 1.54) is 16.3 Å². The van der Waals surface area contributed by atoms with Crippen molar-refractivity contribution < 1.29 is 0 Å². The van der Waals surface area contributed by atoms with Crippen molar-refractivity contribution in [2.45, 2.75) is 10.1 Å². The van der Waals surface area contributed by atoms with Gasteiger partial charge in [0.1, 0.15) is 5.84 Å². The van der Waals surface area contributed by atoms with Crippen molar-refractivity contribution in [3.63, 3.8) is 0 Å². The van der Waals surface area contributed by atoms with Crippen LogP contribution >= 0.6 is 23.4 Å². The molecule has 0 radical (unpaired) electrons. The fourth-order valence-electron chi connectivity index (χ4n) is 1.32. The maximum absolute atomic E-state index is 11.2. The first-order chi connectivity index (χ1) is 8.49. The Balaban J connectivity index is 2.43. The molecule has 94 valence electrons. The predicted molar refractivity (Wildman–Crippen MR) is 70.4 cm³/mol. The second kappa shape index (κ2) is 4.87. The van der Waals surface area contributed by atoms with Gasteiger partial charge in [-0.2, -0.15) is 0 Å². The molecule has 18 heavy (non-hydrogen) atoms. The highest BCUT2D eigenvalue weighted by Gasteiger charge is 2.12. The number of nitrogens with zero attached hydrogens (tertiary/aromatic N) is 2. The molecule has 1 heterocycles. The Morgan fingerprint density at radius 2 is 2.33 bits per heavy atom. The van der Waals surface area contributed by atoms with Gasteiger partial charge in [-0.15, -0.1) is 5.10 Å². The molecule has 1 aromatic carbocycles. The number of amidine groups is 1. The van der Waals surface area contributed by atoms with Crippen molar-refractivity contribution in [3.05, 3.63) is 39.3 Å². The lowest BCUT2D eigenvalue weighted by atomic mass is 10.2. The summed E-state index contributed by atoms with van der Waals surface area (Å²) in [4.78, 5) is 12.0. The van der Waals surface area contributed by atoms with Crippen LogP contribution in [0.2, 0.25) is 5.02 Å². The van der Waals surface area contributed by atoms with Crippen molar-refractivity contribution in [1.82, 2.24) is 14.8 Å². The van der Waals surface area contributed by atoms with Crippen molar-refractivity contribution in [3.8, 4) is 0 Å². The molecule has 2 rings (SSSR count). The second-order valence-electron chi connectivity index (χ2n) is 3.53. The van der Waals surface area contributed by atoms with Crippen LogP contribution in [0.5, 0.6) is 0 Å². The normalized spacial score (nSPS) is 10.6. The Labute approximate surface area is 112 Å². The molecule has 6 nitrogen and oxygen atoms in total. The monoisotopic (exact) mass is 283 g/mol. The number of hydrogen-bond acceptors (Lipinski definition) is 4. The summed E-state index contributed by atoms with van der Waals surface area (Å²) in [6, 6.07) is 5.04. The average Bonchev–Trinajstić information content (AvgIpc) is 2.63. The van der Waals surface area contributed by atoms with Gasteiger partial charge in [0, 0.05) is 22.5 Å². The van der Waals surface area contributed by atoms with Gasteiger partial charge in [-0.25, -0.2) is 9.89 Å². The fraction of sp³-hybridized carbons (Fsp3) is 0.100. The van der Waals surface area contributed by atoms with Crippen LogP contribution in [0.4, 0.5) is 0 Å². The van der Waals surface area contributed by atoms with Crippen LogP contribution in [0.15, 0.2) is 33.0 Å². The molecule has 0 spiro atoms. The summed E-state index contributed by atoms with van der Waals surface area (Å²) in [5, 5.41) is 14.7. The number of benzene rings is 1. The maximum Gasteiger partial charge on any atom is 0.343 e. The zero-order chi connectivity index (χ0) is 13.3. The molecule has 8 heteroatoms. The van der Waals surface area contributed by atoms with E-state index in [4.69, 9.17) is 22.7 Å². The molecular weight excluding hydrogens is 274 g/mol. The third-order valence-corrected chi connectivity index (χ3v) is 3.63. The number of nitrogen functional groups attached to an aromatic ring is 1. The van der Waals surface area contributed by atoms with Gasteiger partial charge in [0.25, 0.3) is 0 Å². The third-order valence-electron chi connectivity index (χ3n) is 2.27. The van der Waals surface area contributed by atoms with Gasteiger partial charge in [0.2, 0.25) is 0 Å². The Hall–Kier alpha value is -1.73. The zero-order valence-electron chi connectivity index (χ0n) is 9.40. The number of H-pyrrole nitrogens is 1. The van der Waals surface area contributed by atoms with E-state index in [1.54, 1.807) is 25.2 Å². The molecule has 1 aromatic heterocycles. The Bertz CT molecular complexity index is 663. The van der Waals surface area contributed by atoms with Gasteiger partial charge in [0.15, 0.2) is 5.16 Å². The van der Waals surface area contributed by atoms with Crippen molar-refractivity contribution in [2.75, 3.05) is 0 Å². The summed E-state index contributed by atoms with van der Waals surface area (Å²) in [6.45, 7) is 0. The summed E-state index contributed by atoms with van der Waals surface area (Å²) >= 11 is 7.10. The SMILES string of the molecule is Cn1c(Sc2ccc(Cl)cc2C(=N)N)n[nH]c1=O. The standard InChI is InChI=1S/C10H10ClN5OS/c1-16-9(17)14-15-10(16)18-7-3-2-5(11)4-6(7)8(12)13/h2-4H,1H3,(H3,12,13)(H,14,17). The summed E-state index contributed by atoms with van der Waals surface area (Å²) < 4.78 is 1.38. The minimum Gasteiger partial charge on any atom is -0.384 e. The minimum atomic E-state index is -0.296. The summed E-state index contributed by atoms with van der Waals surface area (Å²) in [7, 11) is 1.61. The van der Waals surface area contributed by atoms with E-state index in [0.29, 0.717) is 20.6 Å². The second-order valence-corrected chi connectivity index (χ2v) is 4.97. The van der Waals surface area contributed by atoms with Crippen LogP contribution in [0.1, 0.15) is 5.56 Å². The third kappa shape index (κ3) is 2.41. The lowest BCUT2D eigenvalue weighted by molar-refractivity contribution is 0.766. The topological polar surface area (TPSA) is 101 Å². The van der Waals surface area contributed by atoms with Crippen molar-refractivity contribution >= 4 is 29.2 Å². The molecular formula is C10H10ClN5OS. The number of rotatable bonds is 3. The van der Waals surface area contributed by atoms with Gasteiger partial charge in [0.05, 0.1) is 0 Å². The molecule has 0 saturated carbocycles. The first-order valence-electron chi connectivity index (χ1n) is 4.92. The van der Waals surface area contributed by atoms with Crippen LogP contribution in [0.3, 0.4) is 0 Å². The Kier molecular flexibility index (Phi) is 3.44. The predicted octanol–water partition coefficient (Wildman–Crippen LogP) is 1.20. The summed E-state index contributed by atoms with van der Waals surface area (Å²) in [5.74, 6) is -0.0828. The average molecular weight is 284 g/mol. The van der Waals surface area contributed by atoms with Crippen molar-refractivity contribution in [2.24, 2.45) is 12.8 Å². The van der Waals surface area contributed by atoms with Crippen LogP contribution in [-0.4, -0.2) is 20.6 Å². The fourth-order valence-corrected chi connectivity index (χ4v) is 2.42. The molecule has 0 aliphatic rings. The van der Waals surface area contributed by atoms with Gasteiger partial charge in [-0.3, -0.25) is 9.98 Å². The number of halogens is 1. The molecule has 0 saturated heterocycles. The summed E-state index contributed by atoms with van der Waals surface area (Å²) in [6.07, 6.45) is 0. The molecule has 0 aliphatic heterocycles. The molecule has 0 amide bonds. The van der Waals surface area contributed by atoms with E-state index in [0.717, 1.165) is 0 Å². The molecule has 4 N–H and O–H groups in total. The highest BCUT2D eigenvalue weighted by atomic mass is 35.5. The lowest BCUT2D eigenvalue weighted by Gasteiger charge is -2.07. The van der Waals surface area contributed by atoms with E-state index in [1.807, 2.05) is 0 Å². The summed E-state index contributed by atoms with van der Waals surface area (Å²) in [5.41, 5.74) is 5.72. The van der Waals surface area contributed by atoms with Gasteiger partial charge in [-0.05, 0) is 30.0 Å². The number of nitrogens with two attached hydrogens (primary N) is 1. The number of aromatic amines is 1. The van der Waals surface area contributed by atoms with Crippen LogP contribution in [0.25, 0.3) is 0 Å². The molecule has 0 fully saturated rings. The van der Waals surface area contributed by atoms with E-state index < -0.39 is 0 Å². The molecule has 0 unspecified atom stereocenters. The first-order valence-corrected chi connectivity index (χ1v) is 6.11. The quantitative estimate of drug-likeness (QED) is 0.582. The van der Waals surface area contributed by atoms with E-state index in [9.17, 15) is 4.79 Å². The van der Waals surface area contributed by atoms with E-state index in [-0.39, 0.29) is 11.5 Å². The molecule has 0 atom stereocenters. The first kappa shape index (κ1) is 12.7. The zero-order valence-corrected chi connectivity index (χ0v) is 11.0. The van der Waals surface area contributed by atoms with Crippen LogP contribution < -0.4 is 11.4 Å². The van der Waals surface area contributed by atoms with Gasteiger partial charge >= 0.3 is 5.69 Å². The molecule has 2 aromatic rings. The highest BCUT2D eigenvalue weighted by molar-refractivity contribution is 7.99. The Morgan fingerprint density at radius 1 is 1.61 bits per heavy atom. The maximum atomic E-state index is 11.2. The van der Waals surface area contributed by atoms with Gasteiger partial charge < -0.3 is 5.73 Å². The number of aromatic nitrogens is 3. The van der Waals surface area contributed by atoms with E-state index in [2.05, 4.69) is 10.2 Å². The minimum absolute atomic E-state index is 0.0828. The van der Waals surface area contributed by atoms with Gasteiger partial charge in [-0.1, -0.05) is 11.6 Å². The van der Waals surface area contributed by atoms with Crippen molar-refractivity contribution in [1.29, 1.82) is 5.41 Å². The number of hydrogen-bond donors (Lipinski definition) is 3. The van der Waals surface area contributed by atoms with Crippen LogP contribution in [0, 0.1) is 5.41 Å². The smallest absolute Gasteiger partial charge is 0.343 e. The number of nitrogens with one attached hydrogen (secondary N) is 2. The lowest BCUT2D eigenvalue weighted by Crippen LogP contribution is -2.14. The van der Waals surface area contributed by atoms with Crippen LogP contribution in [-0.2, 0) is 7.05 Å².